The summed E-state index contributed by atoms with van der Waals surface area (Å²) in [6.45, 7) is 2.47. The van der Waals surface area contributed by atoms with Crippen LogP contribution in [0.25, 0.3) is 22.0 Å². The second-order valence-corrected chi connectivity index (χ2v) is 9.22. The van der Waals surface area contributed by atoms with Crippen molar-refractivity contribution in [1.82, 2.24) is 14.9 Å². The maximum absolute atomic E-state index is 13.4. The summed E-state index contributed by atoms with van der Waals surface area (Å²) >= 11 is 1.47. The summed E-state index contributed by atoms with van der Waals surface area (Å²) in [5.74, 6) is 0.306. The van der Waals surface area contributed by atoms with Gasteiger partial charge in [0.1, 0.15) is 17.3 Å². The van der Waals surface area contributed by atoms with Crippen LogP contribution >= 0.6 is 11.3 Å². The zero-order chi connectivity index (χ0) is 23.7. The molecule has 1 aromatic carbocycles. The van der Waals surface area contributed by atoms with E-state index in [4.69, 9.17) is 0 Å². The first-order chi connectivity index (χ1) is 16.4. The van der Waals surface area contributed by atoms with Crippen molar-refractivity contribution in [3.05, 3.63) is 76.5 Å². The molecule has 4 nitrogen and oxygen atoms in total. The number of nitrogens with zero attached hydrogens (tertiary/aromatic N) is 3. The number of nitrogens with one attached hydrogen (secondary N) is 1. The van der Waals surface area contributed by atoms with E-state index in [9.17, 15) is 17.6 Å². The van der Waals surface area contributed by atoms with E-state index < -0.39 is 11.9 Å². The van der Waals surface area contributed by atoms with Crippen molar-refractivity contribution < 1.29 is 17.6 Å². The molecule has 1 fully saturated rings. The van der Waals surface area contributed by atoms with E-state index in [2.05, 4.69) is 20.2 Å². The van der Waals surface area contributed by atoms with Gasteiger partial charge in [-0.1, -0.05) is 12.1 Å². The molecule has 4 aromatic rings. The lowest BCUT2D eigenvalue weighted by Crippen LogP contribution is -2.38. The van der Waals surface area contributed by atoms with Crippen LogP contribution in [-0.4, -0.2) is 34.0 Å². The number of fused-ring (bicyclic) bond motifs is 1. The molecule has 0 saturated carbocycles. The van der Waals surface area contributed by atoms with Crippen LogP contribution in [-0.2, 0) is 12.7 Å². The van der Waals surface area contributed by atoms with Crippen molar-refractivity contribution in [1.29, 1.82) is 0 Å². The van der Waals surface area contributed by atoms with E-state index in [0.29, 0.717) is 22.3 Å². The molecule has 5 rings (SSSR count). The molecule has 4 heterocycles. The smallest absolute Gasteiger partial charge is 0.367 e. The molecule has 0 aliphatic carbocycles. The third-order valence-corrected chi connectivity index (χ3v) is 6.78. The Balaban J connectivity index is 1.35. The number of hydrogen-bond acceptors (Lipinski definition) is 5. The summed E-state index contributed by atoms with van der Waals surface area (Å²) < 4.78 is 53.2. The highest BCUT2D eigenvalue weighted by Gasteiger charge is 2.33. The Morgan fingerprint density at radius 2 is 1.79 bits per heavy atom. The summed E-state index contributed by atoms with van der Waals surface area (Å²) in [5.41, 5.74) is 1.83. The van der Waals surface area contributed by atoms with Gasteiger partial charge in [0.15, 0.2) is 0 Å². The zero-order valence-electron chi connectivity index (χ0n) is 18.1. The number of thiophene rings is 1. The molecule has 1 saturated heterocycles. The molecule has 3 aromatic heterocycles. The average molecular weight is 487 g/mol. The maximum atomic E-state index is 13.4. The lowest BCUT2D eigenvalue weighted by molar-refractivity contribution is -0.140. The van der Waals surface area contributed by atoms with Crippen LogP contribution in [0.2, 0.25) is 0 Å². The van der Waals surface area contributed by atoms with Crippen LogP contribution in [0.15, 0.2) is 59.4 Å². The number of rotatable bonds is 5. The van der Waals surface area contributed by atoms with Gasteiger partial charge in [-0.05, 0) is 65.1 Å². The van der Waals surface area contributed by atoms with Crippen molar-refractivity contribution in [2.45, 2.75) is 31.6 Å². The summed E-state index contributed by atoms with van der Waals surface area (Å²) in [4.78, 5) is 10.9. The van der Waals surface area contributed by atoms with Crippen molar-refractivity contribution in [2.24, 2.45) is 0 Å². The third-order valence-electron chi connectivity index (χ3n) is 6.10. The lowest BCUT2D eigenvalue weighted by atomic mass is 10.0. The second kappa shape index (κ2) is 9.31. The number of anilines is 1. The number of piperidine rings is 1. The SMILES string of the molecule is Fc1ccc(CN2CCC(Nc3ncc(-c4ccsc4)c4nc(C(F)(F)F)ccc34)CC2)cc1. The molecule has 0 radical (unpaired) electrons. The normalized spacial score (nSPS) is 15.6. The summed E-state index contributed by atoms with van der Waals surface area (Å²) in [7, 11) is 0. The average Bonchev–Trinajstić information content (AvgIpc) is 3.36. The molecular weight excluding hydrogens is 464 g/mol. The van der Waals surface area contributed by atoms with Gasteiger partial charge in [0, 0.05) is 42.8 Å². The molecule has 34 heavy (non-hydrogen) atoms. The largest absolute Gasteiger partial charge is 0.433 e. The molecule has 0 unspecified atom stereocenters. The maximum Gasteiger partial charge on any atom is 0.433 e. The van der Waals surface area contributed by atoms with E-state index in [1.807, 2.05) is 16.8 Å². The van der Waals surface area contributed by atoms with Gasteiger partial charge in [-0.3, -0.25) is 4.90 Å². The van der Waals surface area contributed by atoms with E-state index in [1.165, 1.54) is 29.5 Å². The quantitative estimate of drug-likeness (QED) is 0.323. The Labute approximate surface area is 198 Å². The number of alkyl halides is 3. The van der Waals surface area contributed by atoms with E-state index in [0.717, 1.165) is 49.7 Å². The molecule has 0 bridgehead atoms. The van der Waals surface area contributed by atoms with Gasteiger partial charge < -0.3 is 5.32 Å². The summed E-state index contributed by atoms with van der Waals surface area (Å²) in [6, 6.07) is 11.0. The molecule has 1 N–H and O–H groups in total. The number of aromatic nitrogens is 2. The van der Waals surface area contributed by atoms with Crippen molar-refractivity contribution in [2.75, 3.05) is 18.4 Å². The number of likely N-dealkylation sites (tertiary alicyclic amines) is 1. The molecular formula is C25H22F4N4S. The number of halogens is 4. The van der Waals surface area contributed by atoms with Crippen molar-refractivity contribution >= 4 is 28.1 Å². The van der Waals surface area contributed by atoms with Gasteiger partial charge >= 0.3 is 6.18 Å². The molecule has 0 amide bonds. The van der Waals surface area contributed by atoms with Crippen LogP contribution < -0.4 is 5.32 Å². The fraction of sp³-hybridized carbons (Fsp3) is 0.280. The highest BCUT2D eigenvalue weighted by atomic mass is 32.1. The first-order valence-corrected chi connectivity index (χ1v) is 11.9. The first kappa shape index (κ1) is 22.7. The molecule has 0 atom stereocenters. The second-order valence-electron chi connectivity index (χ2n) is 8.44. The fourth-order valence-corrected chi connectivity index (χ4v) is 4.95. The Kier molecular flexibility index (Phi) is 6.22. The Morgan fingerprint density at radius 1 is 1.03 bits per heavy atom. The topological polar surface area (TPSA) is 41.0 Å². The summed E-state index contributed by atoms with van der Waals surface area (Å²) in [5, 5.41) is 7.77. The lowest BCUT2D eigenvalue weighted by Gasteiger charge is -2.32. The van der Waals surface area contributed by atoms with Crippen molar-refractivity contribution in [3.63, 3.8) is 0 Å². The first-order valence-electron chi connectivity index (χ1n) is 11.0. The van der Waals surface area contributed by atoms with Crippen LogP contribution in [0.5, 0.6) is 0 Å². The van der Waals surface area contributed by atoms with Crippen molar-refractivity contribution in [3.8, 4) is 11.1 Å². The van der Waals surface area contributed by atoms with Gasteiger partial charge in [0.25, 0.3) is 0 Å². The van der Waals surface area contributed by atoms with Gasteiger partial charge in [-0.15, -0.1) is 0 Å². The molecule has 9 heteroatoms. The monoisotopic (exact) mass is 486 g/mol. The van der Waals surface area contributed by atoms with Gasteiger partial charge in [0.05, 0.1) is 5.52 Å². The number of pyridine rings is 2. The summed E-state index contributed by atoms with van der Waals surface area (Å²) in [6.07, 6.45) is -1.19. The number of hydrogen-bond donors (Lipinski definition) is 1. The van der Waals surface area contributed by atoms with Gasteiger partial charge in [-0.25, -0.2) is 14.4 Å². The van der Waals surface area contributed by atoms with Crippen LogP contribution in [0.1, 0.15) is 24.1 Å². The Morgan fingerprint density at radius 3 is 2.47 bits per heavy atom. The van der Waals surface area contributed by atoms with E-state index >= 15 is 0 Å². The number of benzene rings is 1. The highest BCUT2D eigenvalue weighted by molar-refractivity contribution is 7.08. The minimum absolute atomic E-state index is 0.148. The Hall–Kier alpha value is -3.04. The van der Waals surface area contributed by atoms with Gasteiger partial charge in [0.2, 0.25) is 0 Å². The standard InChI is InChI=1S/C25H22F4N4S/c26-18-3-1-16(2-4-18)14-33-10-7-19(8-11-33)31-24-20-5-6-22(25(27,28)29)32-23(20)21(13-30-24)17-9-12-34-15-17/h1-6,9,12-13,15,19H,7-8,10-11,14H2,(H,30,31). The fourth-order valence-electron chi connectivity index (χ4n) is 4.29. The Bertz CT molecular complexity index is 1260. The predicted molar refractivity (Wildman–Crippen MR) is 126 cm³/mol. The van der Waals surface area contributed by atoms with Crippen LogP contribution in [0.4, 0.5) is 23.4 Å². The van der Waals surface area contributed by atoms with Crippen LogP contribution in [0.3, 0.4) is 0 Å². The van der Waals surface area contributed by atoms with Crippen LogP contribution in [0, 0.1) is 5.82 Å². The molecule has 1 aliphatic heterocycles. The highest BCUT2D eigenvalue weighted by Crippen LogP contribution is 2.35. The zero-order valence-corrected chi connectivity index (χ0v) is 19.0. The van der Waals surface area contributed by atoms with E-state index in [-0.39, 0.29) is 11.9 Å². The molecule has 0 spiro atoms. The van der Waals surface area contributed by atoms with E-state index in [1.54, 1.807) is 18.3 Å². The van der Waals surface area contributed by atoms with Gasteiger partial charge in [-0.2, -0.15) is 24.5 Å². The molecule has 176 valence electrons. The third kappa shape index (κ3) is 4.90. The minimum Gasteiger partial charge on any atom is -0.367 e. The minimum atomic E-state index is -4.52. The predicted octanol–water partition coefficient (Wildman–Crippen LogP) is 6.59. The molecule has 1 aliphatic rings.